The van der Waals surface area contributed by atoms with Crippen LogP contribution in [0.1, 0.15) is 11.3 Å². The molecule has 0 spiro atoms. The lowest BCUT2D eigenvalue weighted by molar-refractivity contribution is -0.125. The lowest BCUT2D eigenvalue weighted by Crippen LogP contribution is -2.24. The average Bonchev–Trinajstić information content (AvgIpc) is 2.90. The summed E-state index contributed by atoms with van der Waals surface area (Å²) in [5, 5.41) is 0.321. The van der Waals surface area contributed by atoms with Gasteiger partial charge in [0, 0.05) is 31.4 Å². The molecule has 2 aromatic heterocycles. The van der Waals surface area contributed by atoms with Crippen LogP contribution in [0.5, 0.6) is 0 Å². The molecule has 2 heterocycles. The lowest BCUT2D eigenvalue weighted by atomic mass is 10.2. The summed E-state index contributed by atoms with van der Waals surface area (Å²) in [5.74, 6) is -0.578. The minimum absolute atomic E-state index is 0.191. The number of benzene rings is 1. The topological polar surface area (TPSA) is 37.6 Å². The van der Waals surface area contributed by atoms with Gasteiger partial charge in [-0.25, -0.2) is 9.37 Å². The largest absolute Gasteiger partial charge is 0.338 e. The van der Waals surface area contributed by atoms with Gasteiger partial charge in [0.2, 0.25) is 5.91 Å². The summed E-state index contributed by atoms with van der Waals surface area (Å²) in [6, 6.07) is 11.9. The maximum Gasteiger partial charge on any atom is 0.246 e. The molecule has 0 aliphatic heterocycles. The molecule has 0 unspecified atom stereocenters. The maximum atomic E-state index is 13.7. The van der Waals surface area contributed by atoms with E-state index >= 15 is 0 Å². The van der Waals surface area contributed by atoms with Crippen LogP contribution in [0.15, 0.2) is 54.7 Å². The molecule has 6 heteroatoms. The Labute approximate surface area is 143 Å². The zero-order valence-electron chi connectivity index (χ0n) is 13.0. The number of likely N-dealkylation sites (N-methyl/N-ethyl adjacent to an activating group) is 1. The smallest absolute Gasteiger partial charge is 0.246 e. The van der Waals surface area contributed by atoms with Crippen molar-refractivity contribution in [3.05, 3.63) is 77.0 Å². The van der Waals surface area contributed by atoms with Crippen molar-refractivity contribution in [2.24, 2.45) is 0 Å². The zero-order valence-corrected chi connectivity index (χ0v) is 13.7. The third-order valence-corrected chi connectivity index (χ3v) is 3.93. The Morgan fingerprint density at radius 1 is 1.29 bits per heavy atom. The van der Waals surface area contributed by atoms with Crippen LogP contribution in [-0.4, -0.2) is 27.2 Å². The molecule has 3 rings (SSSR count). The second kappa shape index (κ2) is 6.84. The van der Waals surface area contributed by atoms with E-state index in [0.717, 1.165) is 0 Å². The van der Waals surface area contributed by atoms with Gasteiger partial charge in [-0.05, 0) is 24.3 Å². The standard InChI is InChI=1S/C18H15ClFN3O/c1-22(12-13-6-2-3-7-14(13)20)17(24)10-9-15-18(19)21-16-8-4-5-11-23(15)16/h2-11H,12H2,1H3/b10-9+. The fourth-order valence-electron chi connectivity index (χ4n) is 2.37. The lowest BCUT2D eigenvalue weighted by Gasteiger charge is -2.15. The summed E-state index contributed by atoms with van der Waals surface area (Å²) >= 11 is 6.12. The summed E-state index contributed by atoms with van der Waals surface area (Å²) in [7, 11) is 1.62. The summed E-state index contributed by atoms with van der Waals surface area (Å²) < 4.78 is 15.5. The van der Waals surface area contributed by atoms with Crippen molar-refractivity contribution in [3.8, 4) is 0 Å². The van der Waals surface area contributed by atoms with Crippen molar-refractivity contribution in [3.63, 3.8) is 0 Å². The zero-order chi connectivity index (χ0) is 17.1. The van der Waals surface area contributed by atoms with E-state index in [-0.39, 0.29) is 18.3 Å². The summed E-state index contributed by atoms with van der Waals surface area (Å²) in [4.78, 5) is 17.9. The number of halogens is 2. The Hall–Kier alpha value is -2.66. The fourth-order valence-corrected chi connectivity index (χ4v) is 2.61. The number of amides is 1. The third-order valence-electron chi connectivity index (χ3n) is 3.65. The first-order valence-electron chi connectivity index (χ1n) is 7.35. The minimum Gasteiger partial charge on any atom is -0.338 e. The maximum absolute atomic E-state index is 13.7. The van der Waals surface area contributed by atoms with Gasteiger partial charge in [-0.2, -0.15) is 0 Å². The summed E-state index contributed by atoms with van der Waals surface area (Å²) in [5.41, 5.74) is 1.80. The van der Waals surface area contributed by atoms with E-state index in [0.29, 0.717) is 22.1 Å². The summed E-state index contributed by atoms with van der Waals surface area (Å²) in [6.45, 7) is 0.191. The van der Waals surface area contributed by atoms with Gasteiger partial charge in [-0.1, -0.05) is 35.9 Å². The first kappa shape index (κ1) is 16.2. The van der Waals surface area contributed by atoms with Crippen LogP contribution in [0.4, 0.5) is 4.39 Å². The minimum atomic E-state index is -0.328. The Morgan fingerprint density at radius 2 is 2.04 bits per heavy atom. The van der Waals surface area contributed by atoms with E-state index in [1.165, 1.54) is 17.0 Å². The SMILES string of the molecule is CN(Cc1ccccc1F)C(=O)/C=C/c1c(Cl)nc2ccccn12. The van der Waals surface area contributed by atoms with E-state index in [2.05, 4.69) is 4.98 Å². The second-order valence-electron chi connectivity index (χ2n) is 5.34. The van der Waals surface area contributed by atoms with Crippen LogP contribution in [0.3, 0.4) is 0 Å². The molecule has 0 atom stereocenters. The highest BCUT2D eigenvalue weighted by molar-refractivity contribution is 6.31. The van der Waals surface area contributed by atoms with E-state index < -0.39 is 0 Å². The fraction of sp³-hybridized carbons (Fsp3) is 0.111. The number of fused-ring (bicyclic) bond motifs is 1. The third kappa shape index (κ3) is 3.31. The molecule has 3 aromatic rings. The molecule has 0 bridgehead atoms. The molecule has 4 nitrogen and oxygen atoms in total. The van der Waals surface area contributed by atoms with Crippen molar-refractivity contribution in [2.45, 2.75) is 6.54 Å². The van der Waals surface area contributed by atoms with Gasteiger partial charge < -0.3 is 4.90 Å². The van der Waals surface area contributed by atoms with E-state index in [9.17, 15) is 9.18 Å². The number of aromatic nitrogens is 2. The first-order valence-corrected chi connectivity index (χ1v) is 7.73. The van der Waals surface area contributed by atoms with E-state index in [4.69, 9.17) is 11.6 Å². The van der Waals surface area contributed by atoms with Crippen molar-refractivity contribution < 1.29 is 9.18 Å². The van der Waals surface area contributed by atoms with Crippen molar-refractivity contribution in [1.29, 1.82) is 0 Å². The number of rotatable bonds is 4. The normalized spacial score (nSPS) is 11.3. The van der Waals surface area contributed by atoms with Crippen LogP contribution in [0.2, 0.25) is 5.15 Å². The van der Waals surface area contributed by atoms with Gasteiger partial charge in [-0.15, -0.1) is 0 Å². The molecule has 1 aromatic carbocycles. The molecular formula is C18H15ClFN3O. The molecular weight excluding hydrogens is 329 g/mol. The number of hydrogen-bond donors (Lipinski definition) is 0. The number of hydrogen-bond acceptors (Lipinski definition) is 2. The first-order chi connectivity index (χ1) is 11.6. The Balaban J connectivity index is 1.77. The average molecular weight is 344 g/mol. The number of nitrogens with zero attached hydrogens (tertiary/aromatic N) is 3. The molecule has 0 aliphatic carbocycles. The van der Waals surface area contributed by atoms with E-state index in [1.54, 1.807) is 35.7 Å². The molecule has 0 N–H and O–H groups in total. The molecule has 0 saturated carbocycles. The van der Waals surface area contributed by atoms with Crippen molar-refractivity contribution >= 4 is 29.2 Å². The molecule has 24 heavy (non-hydrogen) atoms. The number of imidazole rings is 1. The van der Waals surface area contributed by atoms with Gasteiger partial charge in [0.05, 0.1) is 5.69 Å². The summed E-state index contributed by atoms with van der Waals surface area (Å²) in [6.07, 6.45) is 4.84. The van der Waals surface area contributed by atoms with Crippen LogP contribution in [0, 0.1) is 5.82 Å². The van der Waals surface area contributed by atoms with Gasteiger partial charge in [0.1, 0.15) is 11.5 Å². The predicted octanol–water partition coefficient (Wildman–Crippen LogP) is 3.80. The van der Waals surface area contributed by atoms with Gasteiger partial charge >= 0.3 is 0 Å². The number of carbonyl (C=O) groups excluding carboxylic acids is 1. The van der Waals surface area contributed by atoms with Crippen LogP contribution in [-0.2, 0) is 11.3 Å². The number of pyridine rings is 1. The molecule has 0 fully saturated rings. The van der Waals surface area contributed by atoms with Crippen molar-refractivity contribution in [2.75, 3.05) is 7.05 Å². The molecule has 0 radical (unpaired) electrons. The van der Waals surface area contributed by atoms with E-state index in [1.807, 2.05) is 24.4 Å². The highest BCUT2D eigenvalue weighted by Crippen LogP contribution is 2.19. The molecule has 1 amide bonds. The highest BCUT2D eigenvalue weighted by Gasteiger charge is 2.11. The highest BCUT2D eigenvalue weighted by atomic mass is 35.5. The Bertz CT molecular complexity index is 920. The van der Waals surface area contributed by atoms with Gasteiger partial charge in [0.15, 0.2) is 5.15 Å². The van der Waals surface area contributed by atoms with Crippen LogP contribution in [0.25, 0.3) is 11.7 Å². The predicted molar refractivity (Wildman–Crippen MR) is 92.1 cm³/mol. The molecule has 122 valence electrons. The van der Waals surface area contributed by atoms with Crippen molar-refractivity contribution in [1.82, 2.24) is 14.3 Å². The molecule has 0 aliphatic rings. The Kier molecular flexibility index (Phi) is 4.62. The monoisotopic (exact) mass is 343 g/mol. The number of carbonyl (C=O) groups is 1. The second-order valence-corrected chi connectivity index (χ2v) is 5.69. The Morgan fingerprint density at radius 3 is 2.83 bits per heavy atom. The quantitative estimate of drug-likeness (QED) is 0.676. The molecule has 0 saturated heterocycles. The van der Waals surface area contributed by atoms with Crippen LogP contribution >= 0.6 is 11.6 Å². The van der Waals surface area contributed by atoms with Gasteiger partial charge in [-0.3, -0.25) is 9.20 Å². The van der Waals surface area contributed by atoms with Gasteiger partial charge in [0.25, 0.3) is 0 Å². The van der Waals surface area contributed by atoms with Crippen LogP contribution < -0.4 is 0 Å².